The molecule has 0 bridgehead atoms. The average molecular weight is 302 g/mol. The summed E-state index contributed by atoms with van der Waals surface area (Å²) in [4.78, 5) is 36.0. The van der Waals surface area contributed by atoms with Crippen molar-refractivity contribution in [1.82, 2.24) is 10.2 Å². The number of nitrogens with one attached hydrogen (secondary N) is 1. The highest BCUT2D eigenvalue weighted by Crippen LogP contribution is 2.06. The fourth-order valence-electron chi connectivity index (χ4n) is 1.49. The molecule has 0 unspecified atom stereocenters. The first-order valence-corrected chi connectivity index (χ1v) is 7.09. The van der Waals surface area contributed by atoms with Gasteiger partial charge in [-0.2, -0.15) is 0 Å². The monoisotopic (exact) mass is 302 g/mol. The number of hydrogen-bond donors (Lipinski definition) is 1. The van der Waals surface area contributed by atoms with Crippen LogP contribution in [-0.2, 0) is 19.1 Å². The minimum atomic E-state index is -0.575. The number of rotatable bonds is 7. The SMILES string of the molecule is CCOC(=O)CN(CCNC(=O)OC(C)(C)C)C(=O)CC. The third-order valence-corrected chi connectivity index (χ3v) is 2.33. The molecule has 0 heterocycles. The Balaban J connectivity index is 4.27. The molecule has 0 aliphatic carbocycles. The molecule has 0 saturated heterocycles. The highest BCUT2D eigenvalue weighted by molar-refractivity contribution is 5.81. The summed E-state index contributed by atoms with van der Waals surface area (Å²) in [6.45, 7) is 9.29. The predicted molar refractivity (Wildman–Crippen MR) is 77.7 cm³/mol. The highest BCUT2D eigenvalue weighted by atomic mass is 16.6. The minimum Gasteiger partial charge on any atom is -0.465 e. The number of alkyl carbamates (subject to hydrolysis) is 1. The third-order valence-electron chi connectivity index (χ3n) is 2.33. The smallest absolute Gasteiger partial charge is 0.407 e. The Morgan fingerprint density at radius 3 is 2.24 bits per heavy atom. The van der Waals surface area contributed by atoms with Crippen molar-refractivity contribution >= 4 is 18.0 Å². The Hall–Kier alpha value is -1.79. The van der Waals surface area contributed by atoms with E-state index in [1.807, 2.05) is 0 Å². The third kappa shape index (κ3) is 9.70. The van der Waals surface area contributed by atoms with E-state index < -0.39 is 17.7 Å². The van der Waals surface area contributed by atoms with Gasteiger partial charge in [-0.15, -0.1) is 0 Å². The lowest BCUT2D eigenvalue weighted by molar-refractivity contribution is -0.148. The van der Waals surface area contributed by atoms with Crippen molar-refractivity contribution in [3.63, 3.8) is 0 Å². The van der Waals surface area contributed by atoms with Gasteiger partial charge in [-0.05, 0) is 27.7 Å². The molecule has 0 aromatic carbocycles. The minimum absolute atomic E-state index is 0.115. The second kappa shape index (κ2) is 9.20. The summed E-state index contributed by atoms with van der Waals surface area (Å²) in [6, 6.07) is 0. The van der Waals surface area contributed by atoms with Crippen molar-refractivity contribution in [2.45, 2.75) is 46.6 Å². The summed E-state index contributed by atoms with van der Waals surface area (Å²) < 4.78 is 9.90. The van der Waals surface area contributed by atoms with Crippen LogP contribution in [0.2, 0.25) is 0 Å². The van der Waals surface area contributed by atoms with Gasteiger partial charge in [0.25, 0.3) is 0 Å². The second-order valence-electron chi connectivity index (χ2n) is 5.40. The van der Waals surface area contributed by atoms with Crippen LogP contribution < -0.4 is 5.32 Å². The number of nitrogens with zero attached hydrogens (tertiary/aromatic N) is 1. The van der Waals surface area contributed by atoms with E-state index in [1.165, 1.54) is 4.90 Å². The van der Waals surface area contributed by atoms with Crippen LogP contribution >= 0.6 is 0 Å². The van der Waals surface area contributed by atoms with Crippen molar-refractivity contribution in [3.05, 3.63) is 0 Å². The van der Waals surface area contributed by atoms with Crippen molar-refractivity contribution in [3.8, 4) is 0 Å². The van der Waals surface area contributed by atoms with Gasteiger partial charge in [0.2, 0.25) is 5.91 Å². The molecule has 0 rings (SSSR count). The van der Waals surface area contributed by atoms with Crippen LogP contribution in [0.25, 0.3) is 0 Å². The van der Waals surface area contributed by atoms with Gasteiger partial charge >= 0.3 is 12.1 Å². The zero-order valence-electron chi connectivity index (χ0n) is 13.5. The molecule has 0 saturated carbocycles. The van der Waals surface area contributed by atoms with E-state index in [1.54, 1.807) is 34.6 Å². The number of hydrogen-bond acceptors (Lipinski definition) is 5. The molecule has 0 fully saturated rings. The van der Waals surface area contributed by atoms with Crippen molar-refractivity contribution in [2.75, 3.05) is 26.2 Å². The summed E-state index contributed by atoms with van der Waals surface area (Å²) >= 11 is 0. The van der Waals surface area contributed by atoms with Gasteiger partial charge < -0.3 is 19.7 Å². The molecule has 7 nitrogen and oxygen atoms in total. The molecule has 122 valence electrons. The zero-order chi connectivity index (χ0) is 16.5. The van der Waals surface area contributed by atoms with Gasteiger partial charge in [0.15, 0.2) is 0 Å². The Labute approximate surface area is 126 Å². The number of amides is 2. The Morgan fingerprint density at radius 1 is 1.14 bits per heavy atom. The van der Waals surface area contributed by atoms with Gasteiger partial charge in [0.1, 0.15) is 12.1 Å². The van der Waals surface area contributed by atoms with E-state index in [2.05, 4.69) is 5.32 Å². The number of esters is 1. The summed E-state index contributed by atoms with van der Waals surface area (Å²) in [7, 11) is 0. The molecule has 21 heavy (non-hydrogen) atoms. The molecule has 0 aromatic rings. The maximum atomic E-state index is 11.7. The topological polar surface area (TPSA) is 84.9 Å². The normalized spacial score (nSPS) is 10.7. The lowest BCUT2D eigenvalue weighted by Crippen LogP contribution is -2.42. The standard InChI is InChI=1S/C14H26N2O5/c1-6-11(17)16(10-12(18)20-7-2)9-8-15-13(19)21-14(3,4)5/h6-10H2,1-5H3,(H,15,19). The van der Waals surface area contributed by atoms with Crippen LogP contribution in [0.5, 0.6) is 0 Å². The van der Waals surface area contributed by atoms with E-state index in [4.69, 9.17) is 9.47 Å². The van der Waals surface area contributed by atoms with Crippen LogP contribution in [0.4, 0.5) is 4.79 Å². The van der Waals surface area contributed by atoms with Gasteiger partial charge in [0.05, 0.1) is 6.61 Å². The van der Waals surface area contributed by atoms with Crippen molar-refractivity contribution in [2.24, 2.45) is 0 Å². The summed E-state index contributed by atoms with van der Waals surface area (Å²) in [5, 5.41) is 2.55. The number of ether oxygens (including phenoxy) is 2. The first-order chi connectivity index (χ1) is 9.69. The van der Waals surface area contributed by atoms with Crippen LogP contribution in [0.1, 0.15) is 41.0 Å². The van der Waals surface area contributed by atoms with Crippen LogP contribution in [-0.4, -0.2) is 54.7 Å². The summed E-state index contributed by atoms with van der Waals surface area (Å²) in [5.74, 6) is -0.634. The fourth-order valence-corrected chi connectivity index (χ4v) is 1.49. The lowest BCUT2D eigenvalue weighted by atomic mass is 10.2. The molecule has 0 atom stereocenters. The maximum absolute atomic E-state index is 11.7. The first kappa shape index (κ1) is 19.2. The molecule has 0 aromatic heterocycles. The Kier molecular flexibility index (Phi) is 8.42. The lowest BCUT2D eigenvalue weighted by Gasteiger charge is -2.23. The van der Waals surface area contributed by atoms with E-state index in [0.29, 0.717) is 0 Å². The summed E-state index contributed by atoms with van der Waals surface area (Å²) in [6.07, 6.45) is -0.270. The van der Waals surface area contributed by atoms with Gasteiger partial charge in [-0.25, -0.2) is 4.79 Å². The largest absolute Gasteiger partial charge is 0.465 e. The molecular formula is C14H26N2O5. The number of carbonyl (C=O) groups is 3. The van der Waals surface area contributed by atoms with Crippen molar-refractivity contribution < 1.29 is 23.9 Å². The highest BCUT2D eigenvalue weighted by Gasteiger charge is 2.18. The average Bonchev–Trinajstić information content (AvgIpc) is 2.34. The van der Waals surface area contributed by atoms with Crippen LogP contribution in [0.15, 0.2) is 0 Å². The predicted octanol–water partition coefficient (Wildman–Crippen LogP) is 1.31. The number of carbonyl (C=O) groups excluding carboxylic acids is 3. The molecular weight excluding hydrogens is 276 g/mol. The van der Waals surface area contributed by atoms with E-state index >= 15 is 0 Å². The first-order valence-electron chi connectivity index (χ1n) is 7.09. The summed E-state index contributed by atoms with van der Waals surface area (Å²) in [5.41, 5.74) is -0.575. The molecule has 0 aliphatic heterocycles. The van der Waals surface area contributed by atoms with Gasteiger partial charge in [-0.1, -0.05) is 6.92 Å². The van der Waals surface area contributed by atoms with Gasteiger partial charge in [-0.3, -0.25) is 9.59 Å². The quantitative estimate of drug-likeness (QED) is 0.717. The maximum Gasteiger partial charge on any atom is 0.407 e. The van der Waals surface area contributed by atoms with E-state index in [-0.39, 0.29) is 38.6 Å². The molecule has 1 N–H and O–H groups in total. The van der Waals surface area contributed by atoms with Crippen molar-refractivity contribution in [1.29, 1.82) is 0 Å². The zero-order valence-corrected chi connectivity index (χ0v) is 13.5. The molecule has 2 amide bonds. The molecule has 0 radical (unpaired) electrons. The molecule has 0 spiro atoms. The second-order valence-corrected chi connectivity index (χ2v) is 5.40. The fraction of sp³-hybridized carbons (Fsp3) is 0.786. The van der Waals surface area contributed by atoms with Gasteiger partial charge in [0, 0.05) is 19.5 Å². The molecule has 7 heteroatoms. The van der Waals surface area contributed by atoms with Crippen LogP contribution in [0, 0.1) is 0 Å². The Bertz CT molecular complexity index is 363. The van der Waals surface area contributed by atoms with Crippen LogP contribution in [0.3, 0.4) is 0 Å². The van der Waals surface area contributed by atoms with E-state index in [9.17, 15) is 14.4 Å². The van der Waals surface area contributed by atoms with E-state index in [0.717, 1.165) is 0 Å². The Morgan fingerprint density at radius 2 is 1.76 bits per heavy atom. The molecule has 0 aliphatic rings.